The molecule has 2 aromatic heterocycles. The number of fused-ring (bicyclic) bond motifs is 1. The average molecular weight is 150 g/mol. The Balaban J connectivity index is 2.96. The molecular weight excluding hydrogens is 144 g/mol. The van der Waals surface area contributed by atoms with Crippen molar-refractivity contribution in [3.8, 4) is 0 Å². The molecule has 2 rings (SSSR count). The molecule has 0 aliphatic carbocycles. The van der Waals surface area contributed by atoms with Crippen LogP contribution in [0.2, 0.25) is 0 Å². The number of nitrogens with two attached hydrogens (primary N) is 1. The maximum Gasteiger partial charge on any atom is 0.249 e. The molecule has 0 unspecified atom stereocenters. The minimum absolute atomic E-state index is 0.177. The van der Waals surface area contributed by atoms with Crippen LogP contribution in [0.3, 0.4) is 0 Å². The maximum absolute atomic E-state index is 10.7. The van der Waals surface area contributed by atoms with Gasteiger partial charge >= 0.3 is 0 Å². The van der Waals surface area contributed by atoms with Gasteiger partial charge in [-0.2, -0.15) is 5.10 Å². The quantitative estimate of drug-likeness (QED) is 0.487. The van der Waals surface area contributed by atoms with Gasteiger partial charge in [-0.25, -0.2) is 0 Å². The van der Waals surface area contributed by atoms with Gasteiger partial charge in [0.1, 0.15) is 5.82 Å². The number of rotatable bonds is 0. The number of nitrogen functional groups attached to an aromatic ring is 1. The molecule has 56 valence electrons. The normalized spacial score (nSPS) is 10.5. The van der Waals surface area contributed by atoms with E-state index in [1.807, 2.05) is 0 Å². The molecule has 11 heavy (non-hydrogen) atoms. The van der Waals surface area contributed by atoms with Gasteiger partial charge in [-0.15, -0.1) is 0 Å². The second kappa shape index (κ2) is 1.85. The van der Waals surface area contributed by atoms with Crippen LogP contribution in [-0.2, 0) is 0 Å². The minimum atomic E-state index is -0.177. The van der Waals surface area contributed by atoms with E-state index in [0.29, 0.717) is 11.5 Å². The first-order valence-electron chi connectivity index (χ1n) is 3.10. The summed E-state index contributed by atoms with van der Waals surface area (Å²) in [5, 5.41) is 7.08. The molecule has 0 aliphatic rings. The maximum atomic E-state index is 10.7. The highest BCUT2D eigenvalue weighted by atomic mass is 16.1. The van der Waals surface area contributed by atoms with Crippen molar-refractivity contribution in [1.82, 2.24) is 15.2 Å². The van der Waals surface area contributed by atoms with Gasteiger partial charge in [-0.1, -0.05) is 0 Å². The lowest BCUT2D eigenvalue weighted by Crippen LogP contribution is -2.01. The molecule has 2 aromatic rings. The van der Waals surface area contributed by atoms with Crippen LogP contribution < -0.4 is 11.3 Å². The first-order chi connectivity index (χ1) is 5.27. The van der Waals surface area contributed by atoms with Crippen LogP contribution in [0.4, 0.5) is 5.82 Å². The number of hydrogen-bond acceptors (Lipinski definition) is 3. The van der Waals surface area contributed by atoms with E-state index in [2.05, 4.69) is 15.2 Å². The first kappa shape index (κ1) is 5.96. The fourth-order valence-electron chi connectivity index (χ4n) is 0.946. The van der Waals surface area contributed by atoms with Crippen LogP contribution in [-0.4, -0.2) is 15.2 Å². The van der Waals surface area contributed by atoms with Crippen LogP contribution in [0, 0.1) is 0 Å². The molecule has 2 heterocycles. The van der Waals surface area contributed by atoms with Crippen molar-refractivity contribution in [3.63, 3.8) is 0 Å². The van der Waals surface area contributed by atoms with Crippen molar-refractivity contribution in [2.75, 3.05) is 5.73 Å². The van der Waals surface area contributed by atoms with E-state index >= 15 is 0 Å². The third-order valence-electron chi connectivity index (χ3n) is 1.48. The zero-order chi connectivity index (χ0) is 7.84. The van der Waals surface area contributed by atoms with Gasteiger partial charge in [0, 0.05) is 6.07 Å². The number of aromatic nitrogens is 3. The molecule has 5 heteroatoms. The van der Waals surface area contributed by atoms with Crippen molar-refractivity contribution >= 4 is 16.9 Å². The summed E-state index contributed by atoms with van der Waals surface area (Å²) >= 11 is 0. The fourth-order valence-corrected chi connectivity index (χ4v) is 0.946. The van der Waals surface area contributed by atoms with Gasteiger partial charge in [-0.05, 0) is 6.07 Å². The van der Waals surface area contributed by atoms with Crippen molar-refractivity contribution in [2.24, 2.45) is 0 Å². The highest BCUT2D eigenvalue weighted by Crippen LogP contribution is 2.11. The first-order valence-corrected chi connectivity index (χ1v) is 3.10. The van der Waals surface area contributed by atoms with Crippen LogP contribution >= 0.6 is 0 Å². The molecule has 0 aromatic carbocycles. The molecule has 0 fully saturated rings. The average Bonchev–Trinajstić information content (AvgIpc) is 2.32. The number of nitrogens with zero attached hydrogens (tertiary/aromatic N) is 1. The van der Waals surface area contributed by atoms with Gasteiger partial charge in [-0.3, -0.25) is 9.89 Å². The number of H-pyrrole nitrogens is 2. The van der Waals surface area contributed by atoms with E-state index < -0.39 is 0 Å². The Kier molecular flexibility index (Phi) is 1.00. The second-order valence-electron chi connectivity index (χ2n) is 2.22. The molecule has 0 spiro atoms. The zero-order valence-corrected chi connectivity index (χ0v) is 5.59. The molecular formula is C6H6N4O. The van der Waals surface area contributed by atoms with E-state index in [1.54, 1.807) is 6.07 Å². The molecule has 0 bridgehead atoms. The Bertz CT molecular complexity index is 441. The largest absolute Gasteiger partial charge is 0.384 e. The molecule has 0 radical (unpaired) electrons. The van der Waals surface area contributed by atoms with Crippen molar-refractivity contribution in [1.29, 1.82) is 0 Å². The lowest BCUT2D eigenvalue weighted by atomic mass is 10.3. The lowest BCUT2D eigenvalue weighted by molar-refractivity contribution is 1.10. The summed E-state index contributed by atoms with van der Waals surface area (Å²) in [5.41, 5.74) is 5.80. The van der Waals surface area contributed by atoms with Gasteiger partial charge in [0.05, 0.1) is 5.39 Å². The van der Waals surface area contributed by atoms with Gasteiger partial charge in [0.2, 0.25) is 5.56 Å². The molecule has 5 nitrogen and oxygen atoms in total. The number of hydrogen-bond donors (Lipinski definition) is 3. The number of anilines is 1. The summed E-state index contributed by atoms with van der Waals surface area (Å²) in [5.74, 6) is 0.469. The SMILES string of the molecule is Nc1[nH]nc2[nH]c(=O)ccc12. The molecule has 0 saturated heterocycles. The Hall–Kier alpha value is -1.78. The highest BCUT2D eigenvalue weighted by molar-refractivity contribution is 5.85. The number of pyridine rings is 1. The number of aromatic amines is 2. The predicted molar refractivity (Wildman–Crippen MR) is 41.1 cm³/mol. The van der Waals surface area contributed by atoms with E-state index in [1.165, 1.54) is 6.07 Å². The van der Waals surface area contributed by atoms with Gasteiger partial charge < -0.3 is 10.7 Å². The molecule has 0 amide bonds. The topological polar surface area (TPSA) is 87.6 Å². The lowest BCUT2D eigenvalue weighted by Gasteiger charge is -1.85. The zero-order valence-electron chi connectivity index (χ0n) is 5.59. The Morgan fingerprint density at radius 3 is 3.09 bits per heavy atom. The molecule has 0 saturated carbocycles. The van der Waals surface area contributed by atoms with Crippen LogP contribution in [0.1, 0.15) is 0 Å². The Morgan fingerprint density at radius 2 is 2.27 bits per heavy atom. The summed E-state index contributed by atoms with van der Waals surface area (Å²) < 4.78 is 0. The van der Waals surface area contributed by atoms with Crippen molar-refractivity contribution in [2.45, 2.75) is 0 Å². The summed E-state index contributed by atoms with van der Waals surface area (Å²) in [6, 6.07) is 3.04. The monoisotopic (exact) mass is 150 g/mol. The number of nitrogens with one attached hydrogen (secondary N) is 2. The van der Waals surface area contributed by atoms with Gasteiger partial charge in [0.25, 0.3) is 0 Å². The standard InChI is InChI=1S/C6H6N4O/c7-5-3-1-2-4(11)8-6(3)10-9-5/h1-2H,(H4,7,8,9,10,11). The van der Waals surface area contributed by atoms with Crippen LogP contribution in [0.15, 0.2) is 16.9 Å². The van der Waals surface area contributed by atoms with Gasteiger partial charge in [0.15, 0.2) is 5.65 Å². The predicted octanol–water partition coefficient (Wildman–Crippen LogP) is -0.167. The Morgan fingerprint density at radius 1 is 1.45 bits per heavy atom. The van der Waals surface area contributed by atoms with Crippen LogP contribution in [0.5, 0.6) is 0 Å². The minimum Gasteiger partial charge on any atom is -0.384 e. The van der Waals surface area contributed by atoms with E-state index in [9.17, 15) is 4.79 Å². The van der Waals surface area contributed by atoms with E-state index in [4.69, 9.17) is 5.73 Å². The van der Waals surface area contributed by atoms with Crippen molar-refractivity contribution in [3.05, 3.63) is 22.5 Å². The summed E-state index contributed by atoms with van der Waals surface area (Å²) in [7, 11) is 0. The molecule has 0 aliphatic heterocycles. The Labute approximate surface area is 61.2 Å². The van der Waals surface area contributed by atoms with E-state index in [0.717, 1.165) is 5.39 Å². The fraction of sp³-hybridized carbons (Fsp3) is 0. The van der Waals surface area contributed by atoms with Crippen molar-refractivity contribution < 1.29 is 0 Å². The van der Waals surface area contributed by atoms with Crippen LogP contribution in [0.25, 0.3) is 11.0 Å². The van der Waals surface area contributed by atoms with E-state index in [-0.39, 0.29) is 5.56 Å². The third-order valence-corrected chi connectivity index (χ3v) is 1.48. The molecule has 0 atom stereocenters. The summed E-state index contributed by atoms with van der Waals surface area (Å²) in [6.45, 7) is 0. The molecule has 4 N–H and O–H groups in total. The second-order valence-corrected chi connectivity index (χ2v) is 2.22. The summed E-state index contributed by atoms with van der Waals surface area (Å²) in [4.78, 5) is 13.3. The highest BCUT2D eigenvalue weighted by Gasteiger charge is 1.99. The summed E-state index contributed by atoms with van der Waals surface area (Å²) in [6.07, 6.45) is 0. The smallest absolute Gasteiger partial charge is 0.249 e. The third kappa shape index (κ3) is 0.778.